The van der Waals surface area contributed by atoms with E-state index in [1.165, 1.54) is 5.56 Å². The fourth-order valence-corrected chi connectivity index (χ4v) is 3.94. The lowest BCUT2D eigenvalue weighted by Gasteiger charge is -2.37. The molecule has 0 bridgehead atoms. The summed E-state index contributed by atoms with van der Waals surface area (Å²) in [5.41, 5.74) is 2.89. The minimum atomic E-state index is 0.0380. The van der Waals surface area contributed by atoms with E-state index in [2.05, 4.69) is 34.6 Å². The Hall–Kier alpha value is -2.63. The number of nitrogens with one attached hydrogen (secondary N) is 2. The summed E-state index contributed by atoms with van der Waals surface area (Å²) in [4.78, 5) is 18.3. The highest BCUT2D eigenvalue weighted by Gasteiger charge is 2.30. The molecule has 1 aliphatic rings. The second kappa shape index (κ2) is 8.59. The number of rotatable bonds is 6. The summed E-state index contributed by atoms with van der Waals surface area (Å²) in [6, 6.07) is 20.6. The second-order valence-corrected chi connectivity index (χ2v) is 7.35. The molecule has 1 saturated heterocycles. The Kier molecular flexibility index (Phi) is 5.74. The van der Waals surface area contributed by atoms with Crippen LogP contribution in [0.3, 0.4) is 0 Å². The molecule has 0 saturated carbocycles. The lowest BCUT2D eigenvalue weighted by molar-refractivity contribution is 0.00277. The van der Waals surface area contributed by atoms with Gasteiger partial charge in [0.15, 0.2) is 0 Å². The Bertz CT molecular complexity index is 889. The Morgan fingerprint density at radius 1 is 1.14 bits per heavy atom. The van der Waals surface area contributed by atoms with E-state index in [-0.39, 0.29) is 18.0 Å². The number of amides is 1. The van der Waals surface area contributed by atoms with Gasteiger partial charge in [-0.15, -0.1) is 0 Å². The standard InChI is InChI=1S/C23H27N3O2/c1-2-26(23(27)22-12-18-10-6-7-11-21(18)25-22)20-13-19(15-28-16-20)24-14-17-8-4-3-5-9-17/h3-12,19-20,24-25H,2,13-16H2,1H3/t19-,20+/m0/s1. The van der Waals surface area contributed by atoms with Crippen molar-refractivity contribution in [1.82, 2.24) is 15.2 Å². The number of carbonyl (C=O) groups is 1. The van der Waals surface area contributed by atoms with Crippen LogP contribution in [0.4, 0.5) is 0 Å². The monoisotopic (exact) mass is 377 g/mol. The fraction of sp³-hybridized carbons (Fsp3) is 0.348. The number of fused-ring (bicyclic) bond motifs is 1. The van der Waals surface area contributed by atoms with Crippen molar-refractivity contribution in [2.45, 2.75) is 32.0 Å². The molecule has 0 radical (unpaired) electrons. The molecule has 5 nitrogen and oxygen atoms in total. The van der Waals surface area contributed by atoms with Crippen LogP contribution in [0.5, 0.6) is 0 Å². The third-order valence-corrected chi connectivity index (χ3v) is 5.43. The summed E-state index contributed by atoms with van der Waals surface area (Å²) in [6.07, 6.45) is 0.895. The average molecular weight is 377 g/mol. The molecular weight excluding hydrogens is 350 g/mol. The summed E-state index contributed by atoms with van der Waals surface area (Å²) >= 11 is 0. The number of hydrogen-bond donors (Lipinski definition) is 2. The number of ether oxygens (including phenoxy) is 1. The van der Waals surface area contributed by atoms with Gasteiger partial charge in [-0.3, -0.25) is 4.79 Å². The van der Waals surface area contributed by atoms with Gasteiger partial charge in [0.25, 0.3) is 5.91 Å². The largest absolute Gasteiger partial charge is 0.378 e. The summed E-state index contributed by atoms with van der Waals surface area (Å²) in [6.45, 7) is 4.77. The van der Waals surface area contributed by atoms with Crippen molar-refractivity contribution >= 4 is 16.8 Å². The second-order valence-electron chi connectivity index (χ2n) is 7.35. The van der Waals surface area contributed by atoms with E-state index in [9.17, 15) is 4.79 Å². The molecule has 2 N–H and O–H groups in total. The lowest BCUT2D eigenvalue weighted by atomic mass is 10.0. The predicted octanol–water partition coefficient (Wildman–Crippen LogP) is 3.58. The first-order valence-corrected chi connectivity index (χ1v) is 9.98. The van der Waals surface area contributed by atoms with Gasteiger partial charge in [0, 0.05) is 30.0 Å². The van der Waals surface area contributed by atoms with Crippen LogP contribution in [0.2, 0.25) is 0 Å². The maximum atomic E-state index is 13.1. The Morgan fingerprint density at radius 3 is 2.71 bits per heavy atom. The van der Waals surface area contributed by atoms with Gasteiger partial charge >= 0.3 is 0 Å². The summed E-state index contributed by atoms with van der Waals surface area (Å²) in [7, 11) is 0. The van der Waals surface area contributed by atoms with Gasteiger partial charge in [0.05, 0.1) is 19.3 Å². The third kappa shape index (κ3) is 4.11. The molecule has 2 aromatic carbocycles. The molecule has 1 aliphatic heterocycles. The highest BCUT2D eigenvalue weighted by atomic mass is 16.5. The van der Waals surface area contributed by atoms with Crippen molar-refractivity contribution in [3.8, 4) is 0 Å². The van der Waals surface area contributed by atoms with Crippen LogP contribution in [-0.2, 0) is 11.3 Å². The van der Waals surface area contributed by atoms with E-state index in [1.807, 2.05) is 48.2 Å². The number of aromatic amines is 1. The first-order valence-electron chi connectivity index (χ1n) is 9.98. The number of H-pyrrole nitrogens is 1. The number of carbonyl (C=O) groups excluding carboxylic acids is 1. The van der Waals surface area contributed by atoms with Crippen LogP contribution in [-0.4, -0.2) is 47.6 Å². The predicted molar refractivity (Wildman–Crippen MR) is 111 cm³/mol. The smallest absolute Gasteiger partial charge is 0.270 e. The molecule has 2 heterocycles. The molecular formula is C23H27N3O2. The van der Waals surface area contributed by atoms with Crippen molar-refractivity contribution in [2.24, 2.45) is 0 Å². The lowest BCUT2D eigenvalue weighted by Crippen LogP contribution is -2.51. The van der Waals surface area contributed by atoms with Crippen LogP contribution in [0, 0.1) is 0 Å². The van der Waals surface area contributed by atoms with Gasteiger partial charge in [-0.2, -0.15) is 0 Å². The zero-order valence-corrected chi connectivity index (χ0v) is 16.2. The van der Waals surface area contributed by atoms with Crippen molar-refractivity contribution < 1.29 is 9.53 Å². The molecule has 28 heavy (non-hydrogen) atoms. The zero-order valence-electron chi connectivity index (χ0n) is 16.2. The number of benzene rings is 2. The molecule has 1 amide bonds. The van der Waals surface area contributed by atoms with Crippen molar-refractivity contribution in [3.05, 3.63) is 71.9 Å². The summed E-state index contributed by atoms with van der Waals surface area (Å²) in [5.74, 6) is 0.0380. The van der Waals surface area contributed by atoms with Crippen LogP contribution >= 0.6 is 0 Å². The Balaban J connectivity index is 1.42. The molecule has 1 aromatic heterocycles. The number of para-hydroxylation sites is 1. The molecule has 146 valence electrons. The molecule has 2 atom stereocenters. The van der Waals surface area contributed by atoms with Gasteiger partial charge < -0.3 is 19.9 Å². The normalized spacial score (nSPS) is 19.6. The SMILES string of the molecule is CCN(C(=O)c1cc2ccccc2[nH]1)[C@H]1COC[C@@H](NCc2ccccc2)C1. The first-order chi connectivity index (χ1) is 13.7. The van der Waals surface area contributed by atoms with Gasteiger partial charge in [-0.05, 0) is 31.0 Å². The van der Waals surface area contributed by atoms with Crippen molar-refractivity contribution in [3.63, 3.8) is 0 Å². The molecule has 3 aromatic rings. The van der Waals surface area contributed by atoms with Gasteiger partial charge in [-0.25, -0.2) is 0 Å². The van der Waals surface area contributed by atoms with E-state index in [0.717, 1.165) is 23.9 Å². The average Bonchev–Trinajstić information content (AvgIpc) is 3.18. The third-order valence-electron chi connectivity index (χ3n) is 5.43. The fourth-order valence-electron chi connectivity index (χ4n) is 3.94. The highest BCUT2D eigenvalue weighted by molar-refractivity contribution is 5.98. The molecule has 5 heteroatoms. The van der Waals surface area contributed by atoms with E-state index >= 15 is 0 Å². The molecule has 0 aliphatic carbocycles. The van der Waals surface area contributed by atoms with Gasteiger partial charge in [-0.1, -0.05) is 48.5 Å². The topological polar surface area (TPSA) is 57.4 Å². The number of aromatic nitrogens is 1. The molecule has 1 fully saturated rings. The highest BCUT2D eigenvalue weighted by Crippen LogP contribution is 2.20. The van der Waals surface area contributed by atoms with Crippen molar-refractivity contribution in [2.75, 3.05) is 19.8 Å². The number of nitrogens with zero attached hydrogens (tertiary/aromatic N) is 1. The maximum Gasteiger partial charge on any atom is 0.270 e. The van der Waals surface area contributed by atoms with E-state index in [0.29, 0.717) is 25.5 Å². The summed E-state index contributed by atoms with van der Waals surface area (Å²) in [5, 5.41) is 4.64. The number of hydrogen-bond acceptors (Lipinski definition) is 3. The molecule has 0 spiro atoms. The van der Waals surface area contributed by atoms with Crippen LogP contribution in [0.25, 0.3) is 10.9 Å². The quantitative estimate of drug-likeness (QED) is 0.690. The van der Waals surface area contributed by atoms with E-state index in [1.54, 1.807) is 0 Å². The molecule has 0 unspecified atom stereocenters. The van der Waals surface area contributed by atoms with Crippen LogP contribution in [0.15, 0.2) is 60.7 Å². The first kappa shape index (κ1) is 18.7. The van der Waals surface area contributed by atoms with E-state index < -0.39 is 0 Å². The minimum Gasteiger partial charge on any atom is -0.378 e. The summed E-state index contributed by atoms with van der Waals surface area (Å²) < 4.78 is 5.84. The van der Waals surface area contributed by atoms with Gasteiger partial charge in [0.2, 0.25) is 0 Å². The Morgan fingerprint density at radius 2 is 1.93 bits per heavy atom. The molecule has 4 rings (SSSR count). The minimum absolute atomic E-state index is 0.0380. The van der Waals surface area contributed by atoms with Crippen LogP contribution < -0.4 is 5.32 Å². The maximum absolute atomic E-state index is 13.1. The van der Waals surface area contributed by atoms with Gasteiger partial charge in [0.1, 0.15) is 5.69 Å². The van der Waals surface area contributed by atoms with Crippen molar-refractivity contribution in [1.29, 1.82) is 0 Å². The Labute approximate surface area is 165 Å². The van der Waals surface area contributed by atoms with Crippen LogP contribution in [0.1, 0.15) is 29.4 Å². The number of likely N-dealkylation sites (N-methyl/N-ethyl adjacent to an activating group) is 1. The zero-order chi connectivity index (χ0) is 19.3. The van der Waals surface area contributed by atoms with E-state index in [4.69, 9.17) is 4.74 Å².